The molecule has 0 bridgehead atoms. The standard InChI is InChI=1S/C22H21F2IN4O3S/c1-3-22(23,24)15-5-4-6-16(11-15)27-20(30)19(13(2)26)21(31)28-17-8-7-14-9-10-29(33-32-25)18(14)12-17/h4-12,19,26H,3H2,1-2H3,(H,27,30)(H,28,31). The Morgan fingerprint density at radius 2 is 1.82 bits per heavy atom. The summed E-state index contributed by atoms with van der Waals surface area (Å²) in [4.78, 5) is 25.7. The molecule has 0 aliphatic heterocycles. The first-order valence-corrected chi connectivity index (χ1v) is 11.5. The molecule has 11 heteroatoms. The maximum absolute atomic E-state index is 14.0. The van der Waals surface area contributed by atoms with Crippen molar-refractivity contribution in [2.75, 3.05) is 10.6 Å². The van der Waals surface area contributed by atoms with Gasteiger partial charge >= 0.3 is 0 Å². The molecule has 2 amide bonds. The lowest BCUT2D eigenvalue weighted by Crippen LogP contribution is -2.38. The number of hydrogen-bond acceptors (Lipinski definition) is 5. The minimum absolute atomic E-state index is 0.125. The molecular formula is C22H21F2IN4O3S. The molecule has 0 spiro atoms. The van der Waals surface area contributed by atoms with Crippen molar-refractivity contribution in [3.63, 3.8) is 0 Å². The molecule has 0 radical (unpaired) electrons. The van der Waals surface area contributed by atoms with Crippen molar-refractivity contribution in [3.8, 4) is 0 Å². The summed E-state index contributed by atoms with van der Waals surface area (Å²) in [6, 6.07) is 12.4. The lowest BCUT2D eigenvalue weighted by atomic mass is 10.0. The van der Waals surface area contributed by atoms with Crippen molar-refractivity contribution in [2.45, 2.75) is 26.2 Å². The van der Waals surface area contributed by atoms with Crippen molar-refractivity contribution >= 4 is 75.0 Å². The van der Waals surface area contributed by atoms with Crippen LogP contribution >= 0.6 is 35.2 Å². The molecule has 7 nitrogen and oxygen atoms in total. The monoisotopic (exact) mass is 586 g/mol. The van der Waals surface area contributed by atoms with E-state index in [0.717, 1.165) is 23.1 Å². The molecule has 0 saturated carbocycles. The van der Waals surface area contributed by atoms with E-state index in [9.17, 15) is 18.4 Å². The molecule has 174 valence electrons. The van der Waals surface area contributed by atoms with Crippen LogP contribution in [-0.2, 0) is 18.0 Å². The van der Waals surface area contributed by atoms with Gasteiger partial charge in [0.2, 0.25) is 11.8 Å². The Labute approximate surface area is 207 Å². The average molecular weight is 586 g/mol. The van der Waals surface area contributed by atoms with Crippen LogP contribution in [0.25, 0.3) is 10.9 Å². The maximum atomic E-state index is 14.0. The first kappa shape index (κ1) is 25.1. The zero-order chi connectivity index (χ0) is 24.2. The molecule has 33 heavy (non-hydrogen) atoms. The smallest absolute Gasteiger partial charge is 0.273 e. The van der Waals surface area contributed by atoms with E-state index in [0.29, 0.717) is 5.69 Å². The summed E-state index contributed by atoms with van der Waals surface area (Å²) in [5, 5.41) is 14.0. The highest BCUT2D eigenvalue weighted by molar-refractivity contribution is 14.1. The summed E-state index contributed by atoms with van der Waals surface area (Å²) < 4.78 is 34.8. The van der Waals surface area contributed by atoms with Crippen LogP contribution in [0.1, 0.15) is 25.8 Å². The van der Waals surface area contributed by atoms with Gasteiger partial charge in [0.05, 0.1) is 5.52 Å². The predicted molar refractivity (Wildman–Crippen MR) is 135 cm³/mol. The van der Waals surface area contributed by atoms with E-state index in [4.69, 9.17) is 7.92 Å². The van der Waals surface area contributed by atoms with E-state index in [2.05, 4.69) is 10.6 Å². The topological polar surface area (TPSA) is 96.2 Å². The second-order valence-electron chi connectivity index (χ2n) is 7.29. The summed E-state index contributed by atoms with van der Waals surface area (Å²) in [6.07, 6.45) is 1.43. The Kier molecular flexibility index (Phi) is 8.08. The molecule has 1 aromatic heterocycles. The van der Waals surface area contributed by atoms with Gasteiger partial charge in [-0.25, -0.2) is 11.3 Å². The molecule has 0 aliphatic rings. The number of rotatable bonds is 9. The first-order valence-electron chi connectivity index (χ1n) is 9.88. The third-order valence-electron chi connectivity index (χ3n) is 4.99. The van der Waals surface area contributed by atoms with Gasteiger partial charge in [0, 0.05) is 40.7 Å². The predicted octanol–water partition coefficient (Wildman–Crippen LogP) is 6.15. The van der Waals surface area contributed by atoms with E-state index < -0.39 is 23.7 Å². The van der Waals surface area contributed by atoms with Gasteiger partial charge < -0.3 is 16.0 Å². The number of alkyl halides is 2. The molecular weight excluding hydrogens is 565 g/mol. The van der Waals surface area contributed by atoms with Gasteiger partial charge in [0.15, 0.2) is 5.92 Å². The molecule has 0 saturated heterocycles. The number of nitrogens with zero attached hydrogens (tertiary/aromatic N) is 1. The van der Waals surface area contributed by atoms with Crippen molar-refractivity contribution in [1.29, 1.82) is 5.41 Å². The van der Waals surface area contributed by atoms with Gasteiger partial charge in [-0.2, -0.15) is 0 Å². The third-order valence-corrected chi connectivity index (χ3v) is 6.01. The highest BCUT2D eigenvalue weighted by Gasteiger charge is 2.31. The number of aromatic nitrogens is 1. The van der Waals surface area contributed by atoms with Crippen LogP contribution in [0.15, 0.2) is 54.7 Å². The van der Waals surface area contributed by atoms with Crippen LogP contribution in [-0.4, -0.2) is 21.5 Å². The number of anilines is 2. The Morgan fingerprint density at radius 1 is 1.15 bits per heavy atom. The third kappa shape index (κ3) is 5.89. The second-order valence-corrected chi connectivity index (χ2v) is 9.03. The van der Waals surface area contributed by atoms with Crippen LogP contribution in [0.2, 0.25) is 0 Å². The lowest BCUT2D eigenvalue weighted by molar-refractivity contribution is -0.126. The normalized spacial score (nSPS) is 12.4. The molecule has 3 rings (SSSR count). The van der Waals surface area contributed by atoms with Crippen LogP contribution in [0.4, 0.5) is 20.2 Å². The molecule has 2 aromatic carbocycles. The van der Waals surface area contributed by atoms with Crippen molar-refractivity contribution in [3.05, 3.63) is 60.3 Å². The van der Waals surface area contributed by atoms with Gasteiger partial charge in [0.1, 0.15) is 35.2 Å². The lowest BCUT2D eigenvalue weighted by Gasteiger charge is -2.18. The van der Waals surface area contributed by atoms with Crippen molar-refractivity contribution < 1.29 is 20.9 Å². The fourth-order valence-corrected chi connectivity index (χ4v) is 4.18. The Morgan fingerprint density at radius 3 is 2.42 bits per heavy atom. The van der Waals surface area contributed by atoms with Gasteiger partial charge in [-0.1, -0.05) is 25.1 Å². The van der Waals surface area contributed by atoms with Crippen LogP contribution in [0.5, 0.6) is 0 Å². The molecule has 3 aromatic rings. The van der Waals surface area contributed by atoms with Crippen LogP contribution < -0.4 is 10.6 Å². The van der Waals surface area contributed by atoms with Gasteiger partial charge in [-0.15, -0.1) is 0 Å². The fraction of sp³-hybridized carbons (Fsp3) is 0.227. The van der Waals surface area contributed by atoms with E-state index in [1.807, 2.05) is 12.3 Å². The minimum atomic E-state index is -3.04. The number of halogens is 3. The summed E-state index contributed by atoms with van der Waals surface area (Å²) in [6.45, 7) is 2.71. The number of amides is 2. The number of carbonyl (C=O) groups is 2. The van der Waals surface area contributed by atoms with Gasteiger partial charge in [0.25, 0.3) is 5.92 Å². The van der Waals surface area contributed by atoms with Crippen LogP contribution in [0.3, 0.4) is 0 Å². The molecule has 1 heterocycles. The average Bonchev–Trinajstić information content (AvgIpc) is 3.16. The molecule has 1 unspecified atom stereocenters. The Balaban J connectivity index is 1.78. The zero-order valence-corrected chi connectivity index (χ0v) is 20.7. The molecule has 3 N–H and O–H groups in total. The number of benzene rings is 2. The summed E-state index contributed by atoms with van der Waals surface area (Å²) >= 11 is 2.85. The zero-order valence-electron chi connectivity index (χ0n) is 17.7. The summed E-state index contributed by atoms with van der Waals surface area (Å²) in [7, 11) is 0. The van der Waals surface area contributed by atoms with E-state index in [1.165, 1.54) is 38.1 Å². The Bertz CT molecular complexity index is 1200. The second kappa shape index (κ2) is 10.6. The first-order chi connectivity index (χ1) is 15.7. The minimum Gasteiger partial charge on any atom is -0.325 e. The molecule has 1 atom stereocenters. The van der Waals surface area contributed by atoms with Gasteiger partial charge in [-0.3, -0.25) is 13.6 Å². The largest absolute Gasteiger partial charge is 0.325 e. The highest BCUT2D eigenvalue weighted by Crippen LogP contribution is 2.32. The van der Waals surface area contributed by atoms with Gasteiger partial charge in [-0.05, 0) is 37.3 Å². The van der Waals surface area contributed by atoms with E-state index in [-0.39, 0.29) is 23.4 Å². The Hall–Kier alpha value is -2.51. The number of carbonyl (C=O) groups excluding carboxylic acids is 2. The number of fused-ring (bicyclic) bond motifs is 1. The van der Waals surface area contributed by atoms with Crippen LogP contribution in [0, 0.1) is 11.3 Å². The van der Waals surface area contributed by atoms with Crippen molar-refractivity contribution in [2.24, 2.45) is 5.92 Å². The summed E-state index contributed by atoms with van der Waals surface area (Å²) in [5.41, 5.74) is 0.930. The fourth-order valence-electron chi connectivity index (χ4n) is 3.25. The number of hydrogen-bond donors (Lipinski definition) is 3. The maximum Gasteiger partial charge on any atom is 0.273 e. The SMILES string of the molecule is CCC(F)(F)c1cccc(NC(=O)C(C(C)=N)C(=O)Nc2ccc3ccn(SOI)c3c2)c1. The van der Waals surface area contributed by atoms with E-state index >= 15 is 0 Å². The van der Waals surface area contributed by atoms with Crippen molar-refractivity contribution in [1.82, 2.24) is 3.97 Å². The molecule has 0 aliphatic carbocycles. The molecule has 0 fully saturated rings. The quantitative estimate of drug-likeness (QED) is 0.121. The van der Waals surface area contributed by atoms with E-state index in [1.54, 1.807) is 45.2 Å². The number of nitrogens with one attached hydrogen (secondary N) is 3. The highest BCUT2D eigenvalue weighted by atomic mass is 127. The summed E-state index contributed by atoms with van der Waals surface area (Å²) in [5.74, 6) is -5.96.